The number of amides is 2. The molecule has 0 bridgehead atoms. The predicted octanol–water partition coefficient (Wildman–Crippen LogP) is 4.36. The maximum Gasteiger partial charge on any atom is 0.322 e. The van der Waals surface area contributed by atoms with Crippen LogP contribution in [0.1, 0.15) is 25.3 Å². The molecule has 1 aliphatic rings. The van der Waals surface area contributed by atoms with Gasteiger partial charge in [0.1, 0.15) is 5.75 Å². The first-order chi connectivity index (χ1) is 12.2. The molecule has 25 heavy (non-hydrogen) atoms. The molecule has 6 heteroatoms. The van der Waals surface area contributed by atoms with Crippen molar-refractivity contribution in [1.82, 2.24) is 4.90 Å². The minimum Gasteiger partial charge on any atom is -0.494 e. The van der Waals surface area contributed by atoms with Crippen molar-refractivity contribution in [3.05, 3.63) is 46.7 Å². The normalized spacial score (nSPS) is 16.6. The number of benzene rings is 1. The molecule has 0 saturated carbocycles. The number of nitrogens with zero attached hydrogens (tertiary/aromatic N) is 1. The predicted molar refractivity (Wildman–Crippen MR) is 100 cm³/mol. The van der Waals surface area contributed by atoms with Gasteiger partial charge in [-0.2, -0.15) is 11.3 Å². The monoisotopic (exact) mass is 360 g/mol. The Morgan fingerprint density at radius 2 is 2.20 bits per heavy atom. The Labute approximate surface area is 152 Å². The van der Waals surface area contributed by atoms with E-state index in [9.17, 15) is 4.79 Å². The van der Waals surface area contributed by atoms with Gasteiger partial charge in [-0.3, -0.25) is 0 Å². The molecule has 134 valence electrons. The Balaban J connectivity index is 1.64. The highest BCUT2D eigenvalue weighted by Crippen LogP contribution is 2.19. The Hall–Kier alpha value is -2.05. The van der Waals surface area contributed by atoms with Gasteiger partial charge in [-0.25, -0.2) is 4.79 Å². The number of urea groups is 1. The Morgan fingerprint density at radius 3 is 2.84 bits per heavy atom. The molecule has 2 amide bonds. The van der Waals surface area contributed by atoms with Gasteiger partial charge < -0.3 is 19.7 Å². The van der Waals surface area contributed by atoms with Crippen molar-refractivity contribution < 1.29 is 14.3 Å². The van der Waals surface area contributed by atoms with E-state index in [1.54, 1.807) is 11.3 Å². The molecule has 0 unspecified atom stereocenters. The van der Waals surface area contributed by atoms with E-state index in [1.165, 1.54) is 0 Å². The first-order valence-electron chi connectivity index (χ1n) is 8.66. The minimum atomic E-state index is -0.106. The van der Waals surface area contributed by atoms with E-state index >= 15 is 0 Å². The van der Waals surface area contributed by atoms with Crippen LogP contribution < -0.4 is 10.1 Å². The van der Waals surface area contributed by atoms with E-state index in [4.69, 9.17) is 9.47 Å². The fourth-order valence-corrected chi connectivity index (χ4v) is 3.52. The Kier molecular flexibility index (Phi) is 6.30. The van der Waals surface area contributed by atoms with Crippen LogP contribution in [0.2, 0.25) is 0 Å². The van der Waals surface area contributed by atoms with Gasteiger partial charge in [0.25, 0.3) is 0 Å². The third-order valence-corrected chi connectivity index (χ3v) is 4.84. The molecule has 1 aromatic heterocycles. The van der Waals surface area contributed by atoms with Crippen LogP contribution >= 0.6 is 11.3 Å². The molecular weight excluding hydrogens is 336 g/mol. The molecule has 1 N–H and O–H groups in total. The van der Waals surface area contributed by atoms with E-state index in [2.05, 4.69) is 16.8 Å². The van der Waals surface area contributed by atoms with Crippen LogP contribution in [-0.4, -0.2) is 36.8 Å². The molecule has 0 radical (unpaired) electrons. The number of hydrogen-bond acceptors (Lipinski definition) is 4. The molecule has 3 rings (SSSR count). The molecule has 5 nitrogen and oxygen atoms in total. The zero-order valence-electron chi connectivity index (χ0n) is 14.4. The molecule has 1 aliphatic heterocycles. The highest BCUT2D eigenvalue weighted by atomic mass is 32.1. The molecule has 0 aliphatic carbocycles. The van der Waals surface area contributed by atoms with Crippen LogP contribution in [0.3, 0.4) is 0 Å². The topological polar surface area (TPSA) is 50.8 Å². The summed E-state index contributed by atoms with van der Waals surface area (Å²) in [4.78, 5) is 14.6. The molecule has 1 saturated heterocycles. The number of carbonyl (C=O) groups is 1. The standard InChI is InChI=1S/C19H24N2O3S/c1-2-23-17-7-5-16(6-8-17)20-19(22)21(12-15-9-11-25-14-15)13-18-4-3-10-24-18/h5-9,11,14,18H,2-4,10,12-13H2,1H3,(H,20,22)/t18-/m1/s1. The second-order valence-corrected chi connectivity index (χ2v) is 6.81. The smallest absolute Gasteiger partial charge is 0.322 e. The van der Waals surface area contributed by atoms with E-state index in [-0.39, 0.29) is 12.1 Å². The van der Waals surface area contributed by atoms with Gasteiger partial charge in [0.15, 0.2) is 0 Å². The Bertz CT molecular complexity index is 652. The molecule has 1 aromatic carbocycles. The van der Waals surface area contributed by atoms with Crippen molar-refractivity contribution in [3.8, 4) is 5.75 Å². The molecule has 2 aromatic rings. The van der Waals surface area contributed by atoms with Crippen molar-refractivity contribution in [1.29, 1.82) is 0 Å². The average molecular weight is 360 g/mol. The summed E-state index contributed by atoms with van der Waals surface area (Å²) in [5, 5.41) is 7.08. The van der Waals surface area contributed by atoms with Crippen molar-refractivity contribution in [2.24, 2.45) is 0 Å². The van der Waals surface area contributed by atoms with Gasteiger partial charge in [0, 0.05) is 25.4 Å². The maximum atomic E-state index is 12.8. The lowest BCUT2D eigenvalue weighted by atomic mass is 10.2. The van der Waals surface area contributed by atoms with Gasteiger partial charge in [-0.1, -0.05) is 0 Å². The summed E-state index contributed by atoms with van der Waals surface area (Å²) < 4.78 is 11.1. The van der Waals surface area contributed by atoms with Gasteiger partial charge in [-0.05, 0) is 66.4 Å². The highest BCUT2D eigenvalue weighted by Gasteiger charge is 2.23. The first-order valence-corrected chi connectivity index (χ1v) is 9.60. The summed E-state index contributed by atoms with van der Waals surface area (Å²) in [6.45, 7) is 4.56. The molecule has 1 atom stereocenters. The van der Waals surface area contributed by atoms with Crippen molar-refractivity contribution >= 4 is 23.1 Å². The number of ether oxygens (including phenoxy) is 2. The van der Waals surface area contributed by atoms with Crippen LogP contribution in [-0.2, 0) is 11.3 Å². The average Bonchev–Trinajstić information content (AvgIpc) is 3.30. The second-order valence-electron chi connectivity index (χ2n) is 6.03. The number of hydrogen-bond donors (Lipinski definition) is 1. The van der Waals surface area contributed by atoms with Gasteiger partial charge >= 0.3 is 6.03 Å². The first kappa shape index (κ1) is 17.8. The highest BCUT2D eigenvalue weighted by molar-refractivity contribution is 7.07. The molecular formula is C19H24N2O3S. The quantitative estimate of drug-likeness (QED) is 0.798. The fourth-order valence-electron chi connectivity index (χ4n) is 2.86. The lowest BCUT2D eigenvalue weighted by Gasteiger charge is -2.25. The number of anilines is 1. The van der Waals surface area contributed by atoms with Crippen LogP contribution in [0, 0.1) is 0 Å². The van der Waals surface area contributed by atoms with Gasteiger partial charge in [-0.15, -0.1) is 0 Å². The SMILES string of the molecule is CCOc1ccc(NC(=O)N(Cc2ccsc2)C[C@H]2CCCO2)cc1. The van der Waals surface area contributed by atoms with E-state index < -0.39 is 0 Å². The van der Waals surface area contributed by atoms with Crippen LogP contribution in [0.4, 0.5) is 10.5 Å². The number of rotatable bonds is 7. The molecule has 1 fully saturated rings. The van der Waals surface area contributed by atoms with Crippen LogP contribution in [0.5, 0.6) is 5.75 Å². The zero-order valence-corrected chi connectivity index (χ0v) is 15.3. The summed E-state index contributed by atoms with van der Waals surface area (Å²) >= 11 is 1.64. The lowest BCUT2D eigenvalue weighted by molar-refractivity contribution is 0.0819. The third-order valence-electron chi connectivity index (χ3n) is 4.11. The number of thiophene rings is 1. The fraction of sp³-hybridized carbons (Fsp3) is 0.421. The summed E-state index contributed by atoms with van der Waals surface area (Å²) in [7, 11) is 0. The van der Waals surface area contributed by atoms with Gasteiger partial charge in [0.05, 0.1) is 12.7 Å². The molecule has 0 spiro atoms. The second kappa shape index (κ2) is 8.87. The summed E-state index contributed by atoms with van der Waals surface area (Å²) in [5.74, 6) is 0.801. The van der Waals surface area contributed by atoms with E-state index in [0.717, 1.165) is 36.4 Å². The van der Waals surface area contributed by atoms with Crippen LogP contribution in [0.15, 0.2) is 41.1 Å². The van der Waals surface area contributed by atoms with Gasteiger partial charge in [0.2, 0.25) is 0 Å². The minimum absolute atomic E-state index is 0.106. The number of carbonyl (C=O) groups excluding carboxylic acids is 1. The molecule has 2 heterocycles. The van der Waals surface area contributed by atoms with Crippen molar-refractivity contribution in [3.63, 3.8) is 0 Å². The van der Waals surface area contributed by atoms with Crippen molar-refractivity contribution in [2.45, 2.75) is 32.4 Å². The summed E-state index contributed by atoms with van der Waals surface area (Å²) in [5.41, 5.74) is 1.90. The number of nitrogens with one attached hydrogen (secondary N) is 1. The lowest BCUT2D eigenvalue weighted by Crippen LogP contribution is -2.39. The largest absolute Gasteiger partial charge is 0.494 e. The zero-order chi connectivity index (χ0) is 17.5. The van der Waals surface area contributed by atoms with Crippen LogP contribution in [0.25, 0.3) is 0 Å². The Morgan fingerprint density at radius 1 is 1.36 bits per heavy atom. The van der Waals surface area contributed by atoms with E-state index in [0.29, 0.717) is 19.7 Å². The summed E-state index contributed by atoms with van der Waals surface area (Å²) in [6, 6.07) is 9.39. The third kappa shape index (κ3) is 5.21. The van der Waals surface area contributed by atoms with Crippen molar-refractivity contribution in [2.75, 3.05) is 25.1 Å². The van der Waals surface area contributed by atoms with E-state index in [1.807, 2.05) is 41.5 Å². The summed E-state index contributed by atoms with van der Waals surface area (Å²) in [6.07, 6.45) is 2.21. The maximum absolute atomic E-state index is 12.8.